The van der Waals surface area contributed by atoms with Crippen LogP contribution in [0.15, 0.2) is 18.3 Å². The van der Waals surface area contributed by atoms with Crippen molar-refractivity contribution in [3.8, 4) is 5.75 Å². The number of pyridine rings is 1. The molecule has 0 aromatic carbocycles. The molecule has 92 valence electrons. The highest BCUT2D eigenvalue weighted by atomic mass is 16.6. The summed E-state index contributed by atoms with van der Waals surface area (Å²) in [7, 11) is 0. The van der Waals surface area contributed by atoms with Crippen LogP contribution < -0.4 is 15.8 Å². The second-order valence-electron chi connectivity index (χ2n) is 4.09. The molecule has 1 aromatic rings. The lowest BCUT2D eigenvalue weighted by Crippen LogP contribution is -2.52. The van der Waals surface area contributed by atoms with E-state index in [2.05, 4.69) is 10.3 Å². The summed E-state index contributed by atoms with van der Waals surface area (Å²) in [6, 6.07) is 3.52. The Morgan fingerprint density at radius 3 is 3.12 bits per heavy atom. The van der Waals surface area contributed by atoms with Crippen LogP contribution in [0.1, 0.15) is 6.92 Å². The molecule has 6 nitrogen and oxygen atoms in total. The molecular weight excluding hydrogens is 220 g/mol. The summed E-state index contributed by atoms with van der Waals surface area (Å²) in [4.78, 5) is 17.4. The molecule has 0 aliphatic carbocycles. The normalized spacial score (nSPS) is 20.1. The predicted molar refractivity (Wildman–Crippen MR) is 63.7 cm³/mol. The molecule has 1 aliphatic heterocycles. The number of hydrogen-bond acceptors (Lipinski definition) is 5. The van der Waals surface area contributed by atoms with E-state index in [0.717, 1.165) is 6.54 Å². The summed E-state index contributed by atoms with van der Waals surface area (Å²) in [5.74, 6) is 0.816. The molecule has 1 amide bonds. The van der Waals surface area contributed by atoms with Crippen molar-refractivity contribution in [2.45, 2.75) is 13.0 Å². The van der Waals surface area contributed by atoms with Crippen LogP contribution in [-0.2, 0) is 0 Å². The van der Waals surface area contributed by atoms with E-state index < -0.39 is 0 Å². The van der Waals surface area contributed by atoms with E-state index in [9.17, 15) is 4.79 Å². The molecule has 2 rings (SSSR count). The van der Waals surface area contributed by atoms with Crippen molar-refractivity contribution in [1.82, 2.24) is 15.2 Å². The van der Waals surface area contributed by atoms with Crippen molar-refractivity contribution in [1.29, 1.82) is 0 Å². The average Bonchev–Trinajstić information content (AvgIpc) is 2.32. The molecule has 1 unspecified atom stereocenters. The van der Waals surface area contributed by atoms with Crippen LogP contribution in [0, 0.1) is 0 Å². The Morgan fingerprint density at radius 1 is 1.65 bits per heavy atom. The van der Waals surface area contributed by atoms with Crippen LogP contribution in [0.5, 0.6) is 5.75 Å². The first-order chi connectivity index (χ1) is 8.15. The number of aromatic nitrogens is 1. The molecule has 1 aliphatic rings. The number of ether oxygens (including phenoxy) is 1. The number of nitrogens with two attached hydrogens (primary N) is 1. The maximum atomic E-state index is 11.8. The van der Waals surface area contributed by atoms with Gasteiger partial charge in [-0.3, -0.25) is 0 Å². The number of piperazine rings is 1. The molecule has 0 saturated carbocycles. The quantitative estimate of drug-likeness (QED) is 0.740. The van der Waals surface area contributed by atoms with Crippen molar-refractivity contribution in [2.24, 2.45) is 0 Å². The van der Waals surface area contributed by atoms with Crippen LogP contribution in [0.2, 0.25) is 0 Å². The summed E-state index contributed by atoms with van der Waals surface area (Å²) < 4.78 is 5.20. The predicted octanol–water partition coefficient (Wildman–Crippen LogP) is 0.456. The molecule has 17 heavy (non-hydrogen) atoms. The van der Waals surface area contributed by atoms with Gasteiger partial charge in [-0.15, -0.1) is 0 Å². The highest BCUT2D eigenvalue weighted by Gasteiger charge is 2.21. The zero-order valence-electron chi connectivity index (χ0n) is 9.72. The fourth-order valence-electron chi connectivity index (χ4n) is 1.72. The molecule has 0 bridgehead atoms. The topological polar surface area (TPSA) is 80.5 Å². The van der Waals surface area contributed by atoms with Crippen LogP contribution in [-0.4, -0.2) is 41.7 Å². The number of carbonyl (C=O) groups excluding carboxylic acids is 1. The van der Waals surface area contributed by atoms with E-state index in [0.29, 0.717) is 30.7 Å². The molecule has 0 spiro atoms. The van der Waals surface area contributed by atoms with Gasteiger partial charge in [0.1, 0.15) is 5.82 Å². The number of amides is 1. The number of nitrogen functional groups attached to an aromatic ring is 1. The molecule has 1 saturated heterocycles. The second kappa shape index (κ2) is 5.01. The van der Waals surface area contributed by atoms with Gasteiger partial charge < -0.3 is 20.7 Å². The Bertz CT molecular complexity index is 393. The Balaban J connectivity index is 1.94. The molecule has 3 N–H and O–H groups in total. The SMILES string of the molecule is CC1CN(C(=O)Oc2ccc(N)nc2)CCN1. The third-order valence-electron chi connectivity index (χ3n) is 2.59. The highest BCUT2D eigenvalue weighted by Crippen LogP contribution is 2.12. The smallest absolute Gasteiger partial charge is 0.409 e. The summed E-state index contributed by atoms with van der Waals surface area (Å²) >= 11 is 0. The third kappa shape index (κ3) is 3.07. The Kier molecular flexibility index (Phi) is 3.43. The lowest BCUT2D eigenvalue weighted by Gasteiger charge is -2.30. The molecular formula is C11H16N4O2. The standard InChI is InChI=1S/C11H16N4O2/c1-8-7-15(5-4-13-8)11(16)17-9-2-3-10(12)14-6-9/h2-3,6,8,13H,4-5,7H2,1H3,(H2,12,14). The van der Waals surface area contributed by atoms with Crippen LogP contribution >= 0.6 is 0 Å². The Labute approximate surface area is 99.8 Å². The number of anilines is 1. The fourth-order valence-corrected chi connectivity index (χ4v) is 1.72. The Morgan fingerprint density at radius 2 is 2.47 bits per heavy atom. The summed E-state index contributed by atoms with van der Waals surface area (Å²) in [5, 5.41) is 3.26. The van der Waals surface area contributed by atoms with Gasteiger partial charge in [0.05, 0.1) is 6.20 Å². The van der Waals surface area contributed by atoms with Gasteiger partial charge in [-0.05, 0) is 19.1 Å². The van der Waals surface area contributed by atoms with Gasteiger partial charge in [0.2, 0.25) is 0 Å². The van der Waals surface area contributed by atoms with Gasteiger partial charge in [0, 0.05) is 25.7 Å². The lowest BCUT2D eigenvalue weighted by molar-refractivity contribution is 0.137. The van der Waals surface area contributed by atoms with E-state index in [1.54, 1.807) is 17.0 Å². The maximum absolute atomic E-state index is 11.8. The van der Waals surface area contributed by atoms with Crippen molar-refractivity contribution < 1.29 is 9.53 Å². The molecule has 1 fully saturated rings. The molecule has 0 radical (unpaired) electrons. The first-order valence-electron chi connectivity index (χ1n) is 5.57. The summed E-state index contributed by atoms with van der Waals surface area (Å²) in [5.41, 5.74) is 5.45. The zero-order chi connectivity index (χ0) is 12.3. The minimum Gasteiger partial charge on any atom is -0.409 e. The first kappa shape index (κ1) is 11.7. The number of nitrogens with one attached hydrogen (secondary N) is 1. The van der Waals surface area contributed by atoms with E-state index in [1.165, 1.54) is 6.20 Å². The molecule has 1 atom stereocenters. The van der Waals surface area contributed by atoms with Crippen molar-refractivity contribution in [3.63, 3.8) is 0 Å². The van der Waals surface area contributed by atoms with E-state index in [4.69, 9.17) is 10.5 Å². The maximum Gasteiger partial charge on any atom is 0.415 e. The van der Waals surface area contributed by atoms with Gasteiger partial charge in [0.15, 0.2) is 5.75 Å². The number of rotatable bonds is 1. The van der Waals surface area contributed by atoms with Gasteiger partial charge in [-0.25, -0.2) is 9.78 Å². The van der Waals surface area contributed by atoms with Crippen molar-refractivity contribution in [2.75, 3.05) is 25.4 Å². The van der Waals surface area contributed by atoms with Crippen molar-refractivity contribution in [3.05, 3.63) is 18.3 Å². The zero-order valence-corrected chi connectivity index (χ0v) is 9.72. The third-order valence-corrected chi connectivity index (χ3v) is 2.59. The van der Waals surface area contributed by atoms with E-state index in [1.807, 2.05) is 6.92 Å². The first-order valence-corrected chi connectivity index (χ1v) is 5.57. The van der Waals surface area contributed by atoms with Gasteiger partial charge in [0.25, 0.3) is 0 Å². The van der Waals surface area contributed by atoms with Crippen LogP contribution in [0.4, 0.5) is 10.6 Å². The lowest BCUT2D eigenvalue weighted by atomic mass is 10.2. The number of carbonyl (C=O) groups is 1. The minimum atomic E-state index is -0.343. The molecule has 2 heterocycles. The van der Waals surface area contributed by atoms with Gasteiger partial charge in [-0.1, -0.05) is 0 Å². The summed E-state index contributed by atoms with van der Waals surface area (Å²) in [6.07, 6.45) is 1.10. The fraction of sp³-hybridized carbons (Fsp3) is 0.455. The summed E-state index contributed by atoms with van der Waals surface area (Å²) in [6.45, 7) is 4.13. The number of hydrogen-bond donors (Lipinski definition) is 2. The largest absolute Gasteiger partial charge is 0.415 e. The van der Waals surface area contributed by atoms with Gasteiger partial charge in [-0.2, -0.15) is 0 Å². The highest BCUT2D eigenvalue weighted by molar-refractivity contribution is 5.70. The monoisotopic (exact) mass is 236 g/mol. The van der Waals surface area contributed by atoms with Crippen LogP contribution in [0.25, 0.3) is 0 Å². The molecule has 6 heteroatoms. The van der Waals surface area contributed by atoms with Crippen molar-refractivity contribution >= 4 is 11.9 Å². The number of nitrogens with zero attached hydrogens (tertiary/aromatic N) is 2. The Hall–Kier alpha value is -1.82. The van der Waals surface area contributed by atoms with Gasteiger partial charge >= 0.3 is 6.09 Å². The molecule has 1 aromatic heterocycles. The minimum absolute atomic E-state index is 0.292. The van der Waals surface area contributed by atoms with Crippen LogP contribution in [0.3, 0.4) is 0 Å². The average molecular weight is 236 g/mol. The second-order valence-corrected chi connectivity index (χ2v) is 4.09. The van der Waals surface area contributed by atoms with E-state index in [-0.39, 0.29) is 6.09 Å². The van der Waals surface area contributed by atoms with E-state index >= 15 is 0 Å².